The lowest BCUT2D eigenvalue weighted by Crippen LogP contribution is -2.09. The fourth-order valence-corrected chi connectivity index (χ4v) is 2.14. The fraction of sp³-hybridized carbons (Fsp3) is 0.375. The summed E-state index contributed by atoms with van der Waals surface area (Å²) in [4.78, 5) is 11.7. The van der Waals surface area contributed by atoms with Crippen LogP contribution in [0.25, 0.3) is 0 Å². The van der Waals surface area contributed by atoms with E-state index in [1.807, 2.05) is 38.4 Å². The Kier molecular flexibility index (Phi) is 4.93. The van der Waals surface area contributed by atoms with Crippen LogP contribution in [-0.4, -0.2) is 22.4 Å². The van der Waals surface area contributed by atoms with Gasteiger partial charge in [0.25, 0.3) is 0 Å². The molecule has 0 radical (unpaired) electrons. The van der Waals surface area contributed by atoms with Gasteiger partial charge in [-0.2, -0.15) is 5.10 Å². The highest BCUT2D eigenvalue weighted by atomic mass is 16.5. The highest BCUT2D eigenvalue weighted by Crippen LogP contribution is 2.07. The van der Waals surface area contributed by atoms with Gasteiger partial charge < -0.3 is 4.74 Å². The van der Waals surface area contributed by atoms with E-state index in [9.17, 15) is 4.79 Å². The van der Waals surface area contributed by atoms with Crippen molar-refractivity contribution in [3.05, 3.63) is 53.3 Å². The Bertz CT molecular complexity index is 561. The number of aryl methyl sites for hydroxylation is 3. The van der Waals surface area contributed by atoms with E-state index in [0.29, 0.717) is 13.0 Å². The zero-order valence-corrected chi connectivity index (χ0v) is 12.0. The second-order valence-electron chi connectivity index (χ2n) is 4.90. The van der Waals surface area contributed by atoms with Crippen molar-refractivity contribution in [3.63, 3.8) is 0 Å². The summed E-state index contributed by atoms with van der Waals surface area (Å²) in [5.74, 6) is -0.186. The van der Waals surface area contributed by atoms with Gasteiger partial charge in [-0.05, 0) is 25.3 Å². The predicted octanol–water partition coefficient (Wildman–Crippen LogP) is 2.45. The van der Waals surface area contributed by atoms with E-state index in [1.54, 1.807) is 4.68 Å². The SMILES string of the molecule is Cc1nn(C)cc1CC(=O)OCCCc1ccccc1. The Hall–Kier alpha value is -2.10. The summed E-state index contributed by atoms with van der Waals surface area (Å²) in [6, 6.07) is 10.2. The van der Waals surface area contributed by atoms with Gasteiger partial charge in [-0.25, -0.2) is 0 Å². The largest absolute Gasteiger partial charge is 0.465 e. The molecular formula is C16H20N2O2. The third kappa shape index (κ3) is 4.23. The number of carbonyl (C=O) groups is 1. The van der Waals surface area contributed by atoms with E-state index < -0.39 is 0 Å². The van der Waals surface area contributed by atoms with Crippen LogP contribution in [0.3, 0.4) is 0 Å². The topological polar surface area (TPSA) is 44.1 Å². The van der Waals surface area contributed by atoms with E-state index in [4.69, 9.17) is 4.74 Å². The van der Waals surface area contributed by atoms with Crippen molar-refractivity contribution in [1.29, 1.82) is 0 Å². The zero-order valence-electron chi connectivity index (χ0n) is 12.0. The molecule has 20 heavy (non-hydrogen) atoms. The summed E-state index contributed by atoms with van der Waals surface area (Å²) >= 11 is 0. The molecule has 0 aliphatic heterocycles. The number of carbonyl (C=O) groups excluding carboxylic acids is 1. The molecule has 0 aliphatic carbocycles. The lowest BCUT2D eigenvalue weighted by atomic mass is 10.1. The smallest absolute Gasteiger partial charge is 0.310 e. The Morgan fingerprint density at radius 1 is 1.30 bits per heavy atom. The van der Waals surface area contributed by atoms with Crippen LogP contribution in [0.5, 0.6) is 0 Å². The van der Waals surface area contributed by atoms with Gasteiger partial charge in [-0.15, -0.1) is 0 Å². The van der Waals surface area contributed by atoms with Crippen molar-refractivity contribution in [2.75, 3.05) is 6.61 Å². The Balaban J connectivity index is 1.69. The van der Waals surface area contributed by atoms with Crippen molar-refractivity contribution >= 4 is 5.97 Å². The number of aromatic nitrogens is 2. The molecule has 1 aromatic carbocycles. The van der Waals surface area contributed by atoms with Crippen molar-refractivity contribution < 1.29 is 9.53 Å². The molecule has 0 aliphatic rings. The number of ether oxygens (including phenoxy) is 1. The van der Waals surface area contributed by atoms with E-state index in [0.717, 1.165) is 24.1 Å². The van der Waals surface area contributed by atoms with E-state index in [2.05, 4.69) is 17.2 Å². The molecule has 4 nitrogen and oxygen atoms in total. The standard InChI is InChI=1S/C16H20N2O2/c1-13-15(12-18(2)17-13)11-16(19)20-10-6-9-14-7-4-3-5-8-14/h3-5,7-8,12H,6,9-11H2,1-2H3. The minimum absolute atomic E-state index is 0.186. The second kappa shape index (κ2) is 6.89. The molecule has 0 bridgehead atoms. The molecule has 0 saturated heterocycles. The molecule has 0 N–H and O–H groups in total. The monoisotopic (exact) mass is 272 g/mol. The minimum Gasteiger partial charge on any atom is -0.465 e. The number of esters is 1. The van der Waals surface area contributed by atoms with E-state index >= 15 is 0 Å². The van der Waals surface area contributed by atoms with Gasteiger partial charge >= 0.3 is 5.97 Å². The van der Waals surface area contributed by atoms with Crippen LogP contribution >= 0.6 is 0 Å². The van der Waals surface area contributed by atoms with Gasteiger partial charge in [0.15, 0.2) is 0 Å². The fourth-order valence-electron chi connectivity index (χ4n) is 2.14. The minimum atomic E-state index is -0.186. The van der Waals surface area contributed by atoms with Gasteiger partial charge in [-0.3, -0.25) is 9.48 Å². The molecular weight excluding hydrogens is 252 g/mol. The quantitative estimate of drug-likeness (QED) is 0.599. The van der Waals surface area contributed by atoms with Gasteiger partial charge in [0, 0.05) is 18.8 Å². The van der Waals surface area contributed by atoms with Crippen LogP contribution in [-0.2, 0) is 29.4 Å². The first-order valence-electron chi connectivity index (χ1n) is 6.84. The number of hydrogen-bond donors (Lipinski definition) is 0. The Labute approximate surface area is 119 Å². The molecule has 1 heterocycles. The van der Waals surface area contributed by atoms with Crippen molar-refractivity contribution in [2.24, 2.45) is 7.05 Å². The Morgan fingerprint density at radius 2 is 2.05 bits per heavy atom. The molecule has 0 saturated carbocycles. The van der Waals surface area contributed by atoms with Gasteiger partial charge in [0.05, 0.1) is 18.7 Å². The predicted molar refractivity (Wildman–Crippen MR) is 77.4 cm³/mol. The number of nitrogens with zero attached hydrogens (tertiary/aromatic N) is 2. The molecule has 2 aromatic rings. The molecule has 106 valence electrons. The maximum Gasteiger partial charge on any atom is 0.310 e. The third-order valence-electron chi connectivity index (χ3n) is 3.17. The van der Waals surface area contributed by atoms with Crippen LogP contribution in [0.15, 0.2) is 36.5 Å². The summed E-state index contributed by atoms with van der Waals surface area (Å²) in [6.07, 6.45) is 3.94. The maximum atomic E-state index is 11.7. The van der Waals surface area contributed by atoms with Crippen molar-refractivity contribution in [2.45, 2.75) is 26.2 Å². The van der Waals surface area contributed by atoms with Crippen LogP contribution in [0.4, 0.5) is 0 Å². The van der Waals surface area contributed by atoms with Crippen molar-refractivity contribution in [1.82, 2.24) is 9.78 Å². The summed E-state index contributed by atoms with van der Waals surface area (Å²) < 4.78 is 6.97. The average Bonchev–Trinajstić information content (AvgIpc) is 2.74. The highest BCUT2D eigenvalue weighted by molar-refractivity contribution is 5.72. The number of hydrogen-bond acceptors (Lipinski definition) is 3. The first-order valence-corrected chi connectivity index (χ1v) is 6.84. The molecule has 0 spiro atoms. The van der Waals surface area contributed by atoms with Crippen LogP contribution in [0.2, 0.25) is 0 Å². The highest BCUT2D eigenvalue weighted by Gasteiger charge is 2.09. The molecule has 0 atom stereocenters. The first kappa shape index (κ1) is 14.3. The summed E-state index contributed by atoms with van der Waals surface area (Å²) in [7, 11) is 1.85. The first-order chi connectivity index (χ1) is 9.65. The number of rotatable bonds is 6. The second-order valence-corrected chi connectivity index (χ2v) is 4.90. The van der Waals surface area contributed by atoms with Crippen LogP contribution in [0.1, 0.15) is 23.2 Å². The van der Waals surface area contributed by atoms with Gasteiger partial charge in [0.2, 0.25) is 0 Å². The molecule has 2 rings (SSSR count). The Morgan fingerprint density at radius 3 is 2.70 bits per heavy atom. The normalized spacial score (nSPS) is 10.5. The van der Waals surface area contributed by atoms with E-state index in [-0.39, 0.29) is 5.97 Å². The lowest BCUT2D eigenvalue weighted by Gasteiger charge is -2.04. The van der Waals surface area contributed by atoms with E-state index in [1.165, 1.54) is 5.56 Å². The molecule has 0 amide bonds. The van der Waals surface area contributed by atoms with Gasteiger partial charge in [0.1, 0.15) is 0 Å². The summed E-state index contributed by atoms with van der Waals surface area (Å²) in [6.45, 7) is 2.37. The summed E-state index contributed by atoms with van der Waals surface area (Å²) in [5.41, 5.74) is 3.08. The summed E-state index contributed by atoms with van der Waals surface area (Å²) in [5, 5.41) is 4.21. The average molecular weight is 272 g/mol. The lowest BCUT2D eigenvalue weighted by molar-refractivity contribution is -0.142. The molecule has 4 heteroatoms. The van der Waals surface area contributed by atoms with Crippen LogP contribution < -0.4 is 0 Å². The molecule has 0 fully saturated rings. The van der Waals surface area contributed by atoms with Gasteiger partial charge in [-0.1, -0.05) is 30.3 Å². The molecule has 0 unspecified atom stereocenters. The third-order valence-corrected chi connectivity index (χ3v) is 3.17. The zero-order chi connectivity index (χ0) is 14.4. The maximum absolute atomic E-state index is 11.7. The van der Waals surface area contributed by atoms with Crippen molar-refractivity contribution in [3.8, 4) is 0 Å². The molecule has 1 aromatic heterocycles. The van der Waals surface area contributed by atoms with Crippen LogP contribution in [0, 0.1) is 6.92 Å². The number of benzene rings is 1.